The number of carbonyl (C=O) groups excluding carboxylic acids is 2. The van der Waals surface area contributed by atoms with Gasteiger partial charge in [0, 0.05) is 38.1 Å². The zero-order valence-electron chi connectivity index (χ0n) is 15.6. The molecule has 1 aromatic heterocycles. The van der Waals surface area contributed by atoms with E-state index in [4.69, 9.17) is 16.0 Å². The van der Waals surface area contributed by atoms with E-state index in [1.165, 1.54) is 4.90 Å². The molecule has 0 aliphatic heterocycles. The minimum absolute atomic E-state index is 0.166. The van der Waals surface area contributed by atoms with Gasteiger partial charge in [-0.1, -0.05) is 41.9 Å². The van der Waals surface area contributed by atoms with Gasteiger partial charge in [0.25, 0.3) is 5.91 Å². The average Bonchev–Trinajstić information content (AvgIpc) is 3.17. The summed E-state index contributed by atoms with van der Waals surface area (Å²) in [5.41, 5.74) is 1.78. The molecule has 1 heterocycles. The van der Waals surface area contributed by atoms with Crippen LogP contribution in [-0.4, -0.2) is 35.8 Å². The second-order valence-electron chi connectivity index (χ2n) is 6.43. The van der Waals surface area contributed by atoms with Crippen LogP contribution in [0.2, 0.25) is 5.02 Å². The van der Waals surface area contributed by atoms with E-state index in [0.29, 0.717) is 34.3 Å². The van der Waals surface area contributed by atoms with E-state index in [9.17, 15) is 9.59 Å². The molecule has 6 nitrogen and oxygen atoms in total. The fraction of sp³-hybridized carbons (Fsp3) is 0.190. The molecule has 28 heavy (non-hydrogen) atoms. The summed E-state index contributed by atoms with van der Waals surface area (Å²) >= 11 is 6.14. The quantitative estimate of drug-likeness (QED) is 0.674. The molecule has 2 amide bonds. The summed E-state index contributed by atoms with van der Waals surface area (Å²) in [4.78, 5) is 30.1. The summed E-state index contributed by atoms with van der Waals surface area (Å²) in [6.45, 7) is 0. The molecule has 7 heteroatoms. The van der Waals surface area contributed by atoms with Crippen molar-refractivity contribution in [3.8, 4) is 11.3 Å². The van der Waals surface area contributed by atoms with Crippen LogP contribution in [0.5, 0.6) is 0 Å². The van der Waals surface area contributed by atoms with Crippen molar-refractivity contribution in [3.05, 3.63) is 71.2 Å². The molecule has 0 spiro atoms. The number of rotatable bonds is 6. The number of nitrogens with one attached hydrogen (secondary N) is 1. The summed E-state index contributed by atoms with van der Waals surface area (Å²) in [6, 6.07) is 14.4. The number of aromatic nitrogens is 1. The van der Waals surface area contributed by atoms with Crippen molar-refractivity contribution >= 4 is 29.1 Å². The van der Waals surface area contributed by atoms with Gasteiger partial charge >= 0.3 is 0 Å². The number of benzene rings is 2. The van der Waals surface area contributed by atoms with Gasteiger partial charge < -0.3 is 14.6 Å². The molecule has 0 radical (unpaired) electrons. The van der Waals surface area contributed by atoms with Crippen LogP contribution in [0.3, 0.4) is 0 Å². The van der Waals surface area contributed by atoms with Crippen LogP contribution >= 0.6 is 11.6 Å². The maximum Gasteiger partial charge on any atom is 0.253 e. The summed E-state index contributed by atoms with van der Waals surface area (Å²) in [5, 5.41) is 3.11. The van der Waals surface area contributed by atoms with Gasteiger partial charge in [-0.25, -0.2) is 4.98 Å². The van der Waals surface area contributed by atoms with Gasteiger partial charge in [0.2, 0.25) is 5.91 Å². The van der Waals surface area contributed by atoms with Crippen molar-refractivity contribution in [1.29, 1.82) is 0 Å². The Hall–Kier alpha value is -3.12. The maximum absolute atomic E-state index is 12.3. The van der Waals surface area contributed by atoms with Gasteiger partial charge in [-0.05, 0) is 18.2 Å². The minimum atomic E-state index is -0.240. The highest BCUT2D eigenvalue weighted by Crippen LogP contribution is 2.24. The minimum Gasteiger partial charge on any atom is -0.441 e. The molecule has 0 fully saturated rings. The van der Waals surface area contributed by atoms with E-state index in [-0.39, 0.29) is 18.2 Å². The van der Waals surface area contributed by atoms with Gasteiger partial charge in [0.1, 0.15) is 0 Å². The Bertz CT molecular complexity index is 984. The molecule has 0 aliphatic rings. The van der Waals surface area contributed by atoms with Gasteiger partial charge in [0.05, 0.1) is 16.9 Å². The predicted octanol–water partition coefficient (Wildman–Crippen LogP) is 4.27. The third-order valence-electron chi connectivity index (χ3n) is 4.07. The van der Waals surface area contributed by atoms with Gasteiger partial charge in [-0.15, -0.1) is 0 Å². The smallest absolute Gasteiger partial charge is 0.253 e. The van der Waals surface area contributed by atoms with Crippen molar-refractivity contribution in [1.82, 2.24) is 9.88 Å². The number of amides is 2. The molecule has 3 rings (SSSR count). The lowest BCUT2D eigenvalue weighted by Crippen LogP contribution is -2.22. The number of hydrogen-bond acceptors (Lipinski definition) is 4. The highest BCUT2D eigenvalue weighted by atomic mass is 35.5. The van der Waals surface area contributed by atoms with Crippen molar-refractivity contribution in [2.45, 2.75) is 12.8 Å². The SMILES string of the molecule is CN(C)C(=O)c1ccc(Cl)c(NC(=O)CCc2ncc(-c3ccccc3)o2)c1. The van der Waals surface area contributed by atoms with Crippen molar-refractivity contribution in [2.75, 3.05) is 19.4 Å². The van der Waals surface area contributed by atoms with Crippen LogP contribution in [0.1, 0.15) is 22.7 Å². The molecule has 0 aliphatic carbocycles. The van der Waals surface area contributed by atoms with E-state index in [0.717, 1.165) is 5.56 Å². The highest BCUT2D eigenvalue weighted by molar-refractivity contribution is 6.33. The number of carbonyl (C=O) groups is 2. The fourth-order valence-electron chi connectivity index (χ4n) is 2.61. The molecule has 144 valence electrons. The number of halogens is 1. The Morgan fingerprint density at radius 1 is 1.14 bits per heavy atom. The number of hydrogen-bond donors (Lipinski definition) is 1. The third kappa shape index (κ3) is 4.78. The standard InChI is InChI=1S/C21H20ClN3O3/c1-25(2)21(27)15-8-9-16(22)17(12-15)24-19(26)10-11-20-23-13-18(28-20)14-6-4-3-5-7-14/h3-9,12-13H,10-11H2,1-2H3,(H,24,26). The van der Waals surface area contributed by atoms with Gasteiger partial charge in [-0.3, -0.25) is 9.59 Å². The number of nitrogens with zero attached hydrogens (tertiary/aromatic N) is 2. The second kappa shape index (κ2) is 8.71. The maximum atomic E-state index is 12.3. The van der Waals surface area contributed by atoms with Crippen LogP contribution < -0.4 is 5.32 Å². The molecular weight excluding hydrogens is 378 g/mol. The second-order valence-corrected chi connectivity index (χ2v) is 6.83. The van der Waals surface area contributed by atoms with Gasteiger partial charge in [-0.2, -0.15) is 0 Å². The van der Waals surface area contributed by atoms with Crippen LogP contribution in [0, 0.1) is 0 Å². The molecule has 0 saturated carbocycles. The van der Waals surface area contributed by atoms with Crippen LogP contribution in [0.15, 0.2) is 59.1 Å². The number of aryl methyl sites for hydroxylation is 1. The van der Waals surface area contributed by atoms with E-state index in [2.05, 4.69) is 10.3 Å². The van der Waals surface area contributed by atoms with Crippen molar-refractivity contribution in [3.63, 3.8) is 0 Å². The first-order chi connectivity index (χ1) is 13.4. The first-order valence-electron chi connectivity index (χ1n) is 8.75. The normalized spacial score (nSPS) is 10.5. The molecular formula is C21H20ClN3O3. The first-order valence-corrected chi connectivity index (χ1v) is 9.13. The van der Waals surface area contributed by atoms with Crippen molar-refractivity contribution < 1.29 is 14.0 Å². The first kappa shape index (κ1) is 19.6. The highest BCUT2D eigenvalue weighted by Gasteiger charge is 2.13. The Labute approximate surface area is 168 Å². The van der Waals surface area contributed by atoms with E-state index in [1.54, 1.807) is 38.5 Å². The molecule has 1 N–H and O–H groups in total. The Kier molecular flexibility index (Phi) is 6.11. The molecule has 3 aromatic rings. The number of anilines is 1. The lowest BCUT2D eigenvalue weighted by Gasteiger charge is -2.12. The Morgan fingerprint density at radius 2 is 1.89 bits per heavy atom. The van der Waals surface area contributed by atoms with Crippen molar-refractivity contribution in [2.24, 2.45) is 0 Å². The zero-order valence-corrected chi connectivity index (χ0v) is 16.4. The lowest BCUT2D eigenvalue weighted by atomic mass is 10.1. The molecule has 0 saturated heterocycles. The summed E-state index contributed by atoms with van der Waals surface area (Å²) in [7, 11) is 3.32. The predicted molar refractivity (Wildman–Crippen MR) is 108 cm³/mol. The Balaban J connectivity index is 1.61. The zero-order chi connectivity index (χ0) is 20.1. The summed E-state index contributed by atoms with van der Waals surface area (Å²) in [5.74, 6) is 0.738. The van der Waals surface area contributed by atoms with E-state index < -0.39 is 0 Å². The van der Waals surface area contributed by atoms with E-state index >= 15 is 0 Å². The molecule has 2 aromatic carbocycles. The topological polar surface area (TPSA) is 75.4 Å². The van der Waals surface area contributed by atoms with Crippen LogP contribution in [0.25, 0.3) is 11.3 Å². The molecule has 0 unspecified atom stereocenters. The fourth-order valence-corrected chi connectivity index (χ4v) is 2.77. The van der Waals surface area contributed by atoms with Gasteiger partial charge in [0.15, 0.2) is 11.7 Å². The monoisotopic (exact) mass is 397 g/mol. The molecule has 0 bridgehead atoms. The van der Waals surface area contributed by atoms with E-state index in [1.807, 2.05) is 30.3 Å². The third-order valence-corrected chi connectivity index (χ3v) is 4.40. The summed E-state index contributed by atoms with van der Waals surface area (Å²) in [6.07, 6.45) is 2.18. The number of oxazole rings is 1. The lowest BCUT2D eigenvalue weighted by molar-refractivity contribution is -0.116. The van der Waals surface area contributed by atoms with Crippen LogP contribution in [0.4, 0.5) is 5.69 Å². The van der Waals surface area contributed by atoms with Crippen LogP contribution in [-0.2, 0) is 11.2 Å². The average molecular weight is 398 g/mol. The summed E-state index contributed by atoms with van der Waals surface area (Å²) < 4.78 is 5.70. The Morgan fingerprint density at radius 3 is 2.61 bits per heavy atom. The molecule has 0 atom stereocenters. The largest absolute Gasteiger partial charge is 0.441 e.